The normalized spacial score (nSPS) is 26.0. The minimum Gasteiger partial charge on any atom is -0.384 e. The maximum absolute atomic E-state index is 14.2. The minimum absolute atomic E-state index is 0.0166. The summed E-state index contributed by atoms with van der Waals surface area (Å²) >= 11 is 0. The average Bonchev–Trinajstić information content (AvgIpc) is 2.40. The molecule has 5 heteroatoms. The van der Waals surface area contributed by atoms with Crippen LogP contribution in [0.3, 0.4) is 0 Å². The molecule has 2 rings (SSSR count). The number of ether oxygens (including phenoxy) is 1. The Kier molecular flexibility index (Phi) is 4.42. The summed E-state index contributed by atoms with van der Waals surface area (Å²) in [5.41, 5.74) is -0.427. The first-order chi connectivity index (χ1) is 9.92. The van der Waals surface area contributed by atoms with Gasteiger partial charge in [-0.2, -0.15) is 0 Å². The summed E-state index contributed by atoms with van der Waals surface area (Å²) < 4.78 is 19.5. The van der Waals surface area contributed by atoms with Crippen molar-refractivity contribution >= 4 is 11.8 Å². The van der Waals surface area contributed by atoms with Crippen LogP contribution in [0.25, 0.3) is 0 Å². The molecule has 0 spiro atoms. The average molecular weight is 293 g/mol. The van der Waals surface area contributed by atoms with Crippen molar-refractivity contribution in [1.82, 2.24) is 5.32 Å². The molecule has 2 unspecified atom stereocenters. The predicted octanol–water partition coefficient (Wildman–Crippen LogP) is 2.24. The Morgan fingerprint density at radius 2 is 2.05 bits per heavy atom. The number of methoxy groups -OCH3 is 1. The summed E-state index contributed by atoms with van der Waals surface area (Å²) in [7, 11) is 1.53. The monoisotopic (exact) mass is 293 g/mol. The molecular formula is C16H20FNO3. The van der Waals surface area contributed by atoms with Crippen molar-refractivity contribution in [2.24, 2.45) is 11.3 Å². The maximum atomic E-state index is 14.2. The Morgan fingerprint density at radius 3 is 2.62 bits per heavy atom. The Balaban J connectivity index is 2.59. The molecule has 1 aliphatic heterocycles. The van der Waals surface area contributed by atoms with Gasteiger partial charge in [-0.05, 0) is 12.0 Å². The number of piperidine rings is 1. The Labute approximate surface area is 123 Å². The molecule has 1 fully saturated rings. The summed E-state index contributed by atoms with van der Waals surface area (Å²) in [6.45, 7) is 4.08. The highest BCUT2D eigenvalue weighted by atomic mass is 19.1. The molecule has 1 aromatic rings. The maximum Gasteiger partial charge on any atom is 0.234 e. The Morgan fingerprint density at radius 1 is 1.38 bits per heavy atom. The van der Waals surface area contributed by atoms with Gasteiger partial charge in [-0.3, -0.25) is 14.9 Å². The zero-order valence-electron chi connectivity index (χ0n) is 12.5. The topological polar surface area (TPSA) is 55.4 Å². The van der Waals surface area contributed by atoms with Crippen molar-refractivity contribution in [3.63, 3.8) is 0 Å². The lowest BCUT2D eigenvalue weighted by Gasteiger charge is -2.45. The third-order valence-corrected chi connectivity index (χ3v) is 4.37. The van der Waals surface area contributed by atoms with Gasteiger partial charge in [0.15, 0.2) is 0 Å². The van der Waals surface area contributed by atoms with Crippen molar-refractivity contribution in [1.29, 1.82) is 0 Å². The number of halogens is 1. The van der Waals surface area contributed by atoms with E-state index in [-0.39, 0.29) is 24.9 Å². The van der Waals surface area contributed by atoms with Crippen LogP contribution in [0.4, 0.5) is 4.39 Å². The summed E-state index contributed by atoms with van der Waals surface area (Å²) in [6.07, 6.45) is 0.142. The third-order valence-electron chi connectivity index (χ3n) is 4.37. The molecule has 0 aliphatic carbocycles. The van der Waals surface area contributed by atoms with Gasteiger partial charge in [0.2, 0.25) is 11.8 Å². The lowest BCUT2D eigenvalue weighted by molar-refractivity contribution is -0.145. The summed E-state index contributed by atoms with van der Waals surface area (Å²) in [4.78, 5) is 24.2. The van der Waals surface area contributed by atoms with Crippen LogP contribution in [0.1, 0.15) is 31.7 Å². The van der Waals surface area contributed by atoms with Gasteiger partial charge in [0, 0.05) is 24.5 Å². The minimum atomic E-state index is -0.740. The molecule has 1 heterocycles. The molecule has 1 saturated heterocycles. The number of amides is 2. The van der Waals surface area contributed by atoms with E-state index in [4.69, 9.17) is 4.74 Å². The third kappa shape index (κ3) is 2.70. The van der Waals surface area contributed by atoms with Crippen LogP contribution >= 0.6 is 0 Å². The van der Waals surface area contributed by atoms with Gasteiger partial charge in [-0.25, -0.2) is 4.39 Å². The summed E-state index contributed by atoms with van der Waals surface area (Å²) in [5, 5.41) is 2.32. The molecule has 21 heavy (non-hydrogen) atoms. The van der Waals surface area contributed by atoms with E-state index in [1.165, 1.54) is 13.2 Å². The van der Waals surface area contributed by atoms with Crippen LogP contribution in [0.2, 0.25) is 0 Å². The first-order valence-electron chi connectivity index (χ1n) is 6.99. The number of imide groups is 1. The molecule has 2 atom stereocenters. The molecular weight excluding hydrogens is 273 g/mol. The van der Waals surface area contributed by atoms with Gasteiger partial charge in [-0.15, -0.1) is 0 Å². The van der Waals surface area contributed by atoms with Gasteiger partial charge in [0.05, 0.1) is 12.5 Å². The van der Waals surface area contributed by atoms with Crippen molar-refractivity contribution < 1.29 is 18.7 Å². The zero-order chi connectivity index (χ0) is 15.6. The van der Waals surface area contributed by atoms with E-state index in [0.717, 1.165) is 0 Å². The number of benzene rings is 1. The molecule has 4 nitrogen and oxygen atoms in total. The number of rotatable bonds is 4. The molecule has 114 valence electrons. The van der Waals surface area contributed by atoms with Crippen molar-refractivity contribution in [3.8, 4) is 0 Å². The van der Waals surface area contributed by atoms with Crippen LogP contribution < -0.4 is 5.32 Å². The van der Waals surface area contributed by atoms with E-state index >= 15 is 0 Å². The number of carbonyl (C=O) groups is 2. The lowest BCUT2D eigenvalue weighted by atomic mass is 9.61. The zero-order valence-corrected chi connectivity index (χ0v) is 12.5. The second kappa shape index (κ2) is 5.93. The van der Waals surface area contributed by atoms with Crippen LogP contribution in [-0.4, -0.2) is 25.5 Å². The fourth-order valence-corrected chi connectivity index (χ4v) is 3.18. The first-order valence-corrected chi connectivity index (χ1v) is 6.99. The molecule has 0 radical (unpaired) electrons. The summed E-state index contributed by atoms with van der Waals surface area (Å²) in [5.74, 6) is -1.98. The summed E-state index contributed by atoms with van der Waals surface area (Å²) in [6, 6.07) is 6.21. The fourth-order valence-electron chi connectivity index (χ4n) is 3.18. The highest BCUT2D eigenvalue weighted by Crippen LogP contribution is 2.48. The van der Waals surface area contributed by atoms with E-state index < -0.39 is 23.1 Å². The standard InChI is InChI=1S/C16H20FNO3/c1-10(2)16(9-21-3)8-13(19)18-15(20)14(16)11-6-4-5-7-12(11)17/h4-7,10,14H,8-9H2,1-3H3,(H,18,19,20). The largest absolute Gasteiger partial charge is 0.384 e. The number of carbonyl (C=O) groups excluding carboxylic acids is 2. The van der Waals surface area contributed by atoms with E-state index in [1.54, 1.807) is 18.2 Å². The van der Waals surface area contributed by atoms with Gasteiger partial charge in [0.25, 0.3) is 0 Å². The molecule has 0 bridgehead atoms. The molecule has 1 N–H and O–H groups in total. The van der Waals surface area contributed by atoms with Crippen LogP contribution in [0, 0.1) is 17.2 Å². The second-order valence-corrected chi connectivity index (χ2v) is 5.86. The number of hydrogen-bond donors (Lipinski definition) is 1. The second-order valence-electron chi connectivity index (χ2n) is 5.86. The van der Waals surface area contributed by atoms with E-state index in [0.29, 0.717) is 5.56 Å². The molecule has 1 aromatic carbocycles. The quantitative estimate of drug-likeness (QED) is 0.866. The first kappa shape index (κ1) is 15.6. The van der Waals surface area contributed by atoms with E-state index in [1.807, 2.05) is 13.8 Å². The van der Waals surface area contributed by atoms with Crippen molar-refractivity contribution in [2.75, 3.05) is 13.7 Å². The van der Waals surface area contributed by atoms with Crippen LogP contribution in [0.5, 0.6) is 0 Å². The molecule has 0 saturated carbocycles. The Hall–Kier alpha value is -1.75. The van der Waals surface area contributed by atoms with Gasteiger partial charge in [-0.1, -0.05) is 32.0 Å². The highest BCUT2D eigenvalue weighted by Gasteiger charge is 2.52. The SMILES string of the molecule is COCC1(C(C)C)CC(=O)NC(=O)C1c1ccccc1F. The van der Waals surface area contributed by atoms with Crippen molar-refractivity contribution in [3.05, 3.63) is 35.6 Å². The lowest BCUT2D eigenvalue weighted by Crippen LogP contribution is -2.55. The van der Waals surface area contributed by atoms with Gasteiger partial charge in [0.1, 0.15) is 5.82 Å². The highest BCUT2D eigenvalue weighted by molar-refractivity contribution is 6.02. The van der Waals surface area contributed by atoms with Gasteiger partial charge >= 0.3 is 0 Å². The molecule has 2 amide bonds. The molecule has 1 aliphatic rings. The smallest absolute Gasteiger partial charge is 0.234 e. The Bertz CT molecular complexity index is 558. The fraction of sp³-hybridized carbons (Fsp3) is 0.500. The molecule has 0 aromatic heterocycles. The van der Waals surface area contributed by atoms with Crippen LogP contribution in [-0.2, 0) is 14.3 Å². The predicted molar refractivity (Wildman–Crippen MR) is 76.1 cm³/mol. The number of nitrogens with one attached hydrogen (secondary N) is 1. The van der Waals surface area contributed by atoms with Crippen molar-refractivity contribution in [2.45, 2.75) is 26.2 Å². The van der Waals surface area contributed by atoms with E-state index in [2.05, 4.69) is 5.32 Å². The van der Waals surface area contributed by atoms with Crippen LogP contribution in [0.15, 0.2) is 24.3 Å². The van der Waals surface area contributed by atoms with Gasteiger partial charge < -0.3 is 4.74 Å². The van der Waals surface area contributed by atoms with E-state index in [9.17, 15) is 14.0 Å². The number of hydrogen-bond acceptors (Lipinski definition) is 3.